The highest BCUT2D eigenvalue weighted by Gasteiger charge is 2.43. The standard InChI is InChI=1S/C25H30FN3O4.C13H28N2O2.C8H20N2/c1-15(2)12-27-11-10-16(3)29-21(27)14-28-13-19(23(31)24(32)22(28)25(29)33)20(30)9-6-17-4-7-18(26)8-5-17;1-10(2)9-14-8-7-11(3)15-12(16)17-13(4,5)6;1-7(2)6-10-5-4-8(3)9/h4-5,7-8,13,15-16,21,32H,6,9-12,14H2,1-3H3;10-11,14H,7-9H2,1-6H3,(H,15,16);7-8,10H,4-6,9H2,1-3H3/t16-,21-;11-;8-/m111/s1. The lowest BCUT2D eigenvalue weighted by Crippen LogP contribution is -2.64. The van der Waals surface area contributed by atoms with E-state index in [0.29, 0.717) is 30.8 Å². The predicted molar refractivity (Wildman–Crippen MR) is 239 cm³/mol. The summed E-state index contributed by atoms with van der Waals surface area (Å²) in [5, 5.41) is 20.2. The molecule has 0 radical (unpaired) electrons. The number of aryl methyl sites for hydroxylation is 1. The molecular weight excluding hydrogens is 766 g/mol. The Morgan fingerprint density at radius 3 is 2.05 bits per heavy atom. The van der Waals surface area contributed by atoms with Crippen molar-refractivity contribution in [3.8, 4) is 5.75 Å². The largest absolute Gasteiger partial charge is 0.503 e. The fraction of sp³-hybridized carbons (Fsp3) is 0.696. The molecule has 3 heterocycles. The maximum atomic E-state index is 13.3. The summed E-state index contributed by atoms with van der Waals surface area (Å²) in [7, 11) is 0. The third-order valence-electron chi connectivity index (χ3n) is 9.96. The maximum absolute atomic E-state index is 13.3. The Bertz CT molecular complexity index is 1680. The molecule has 0 aliphatic carbocycles. The first-order valence-electron chi connectivity index (χ1n) is 22.0. The summed E-state index contributed by atoms with van der Waals surface area (Å²) in [6.45, 7) is 30.8. The third kappa shape index (κ3) is 18.4. The van der Waals surface area contributed by atoms with Gasteiger partial charge in [-0.2, -0.15) is 0 Å². The lowest BCUT2D eigenvalue weighted by molar-refractivity contribution is -0.0366. The molecule has 2 aliphatic rings. The minimum atomic E-state index is -0.819. The van der Waals surface area contributed by atoms with Crippen LogP contribution in [0.5, 0.6) is 5.75 Å². The van der Waals surface area contributed by atoms with E-state index in [9.17, 15) is 28.7 Å². The molecule has 4 atom stereocenters. The van der Waals surface area contributed by atoms with Crippen molar-refractivity contribution in [2.24, 2.45) is 23.5 Å². The van der Waals surface area contributed by atoms with Gasteiger partial charge in [-0.1, -0.05) is 53.7 Å². The van der Waals surface area contributed by atoms with Crippen LogP contribution in [0.4, 0.5) is 9.18 Å². The lowest BCUT2D eigenvalue weighted by Gasteiger charge is -2.50. The summed E-state index contributed by atoms with van der Waals surface area (Å²) in [5.41, 5.74) is 4.92. The number of rotatable bonds is 17. The summed E-state index contributed by atoms with van der Waals surface area (Å²) in [6, 6.07) is 6.30. The molecule has 14 heteroatoms. The van der Waals surface area contributed by atoms with E-state index in [1.165, 1.54) is 18.3 Å². The molecule has 0 spiro atoms. The van der Waals surface area contributed by atoms with Gasteiger partial charge in [0.1, 0.15) is 17.6 Å². The summed E-state index contributed by atoms with van der Waals surface area (Å²) in [6.07, 6.45) is 4.08. The minimum Gasteiger partial charge on any atom is -0.503 e. The van der Waals surface area contributed by atoms with Crippen LogP contribution in [-0.4, -0.2) is 106 Å². The average Bonchev–Trinajstić information content (AvgIpc) is 3.13. The zero-order chi connectivity index (χ0) is 45.3. The zero-order valence-corrected chi connectivity index (χ0v) is 38.7. The molecule has 6 N–H and O–H groups in total. The van der Waals surface area contributed by atoms with Gasteiger partial charge >= 0.3 is 6.09 Å². The van der Waals surface area contributed by atoms with Crippen LogP contribution in [-0.2, 0) is 17.7 Å². The molecule has 0 bridgehead atoms. The van der Waals surface area contributed by atoms with Crippen LogP contribution >= 0.6 is 0 Å². The van der Waals surface area contributed by atoms with Crippen LogP contribution in [0.2, 0.25) is 0 Å². The van der Waals surface area contributed by atoms with Crippen molar-refractivity contribution in [3.63, 3.8) is 0 Å². The Morgan fingerprint density at radius 1 is 0.933 bits per heavy atom. The molecule has 2 aliphatic heterocycles. The number of halogens is 1. The topological polar surface area (TPSA) is 171 Å². The van der Waals surface area contributed by atoms with E-state index in [1.807, 2.05) is 41.5 Å². The zero-order valence-electron chi connectivity index (χ0n) is 38.7. The number of nitrogens with zero attached hydrogens (tertiary/aromatic N) is 3. The maximum Gasteiger partial charge on any atom is 0.407 e. The van der Waals surface area contributed by atoms with Gasteiger partial charge in [-0.15, -0.1) is 0 Å². The van der Waals surface area contributed by atoms with Gasteiger partial charge in [0.05, 0.1) is 12.1 Å². The van der Waals surface area contributed by atoms with E-state index in [2.05, 4.69) is 62.4 Å². The van der Waals surface area contributed by atoms with Crippen LogP contribution in [0.25, 0.3) is 0 Å². The van der Waals surface area contributed by atoms with Gasteiger partial charge in [0.15, 0.2) is 17.2 Å². The molecule has 1 fully saturated rings. The van der Waals surface area contributed by atoms with Crippen LogP contribution < -0.4 is 27.1 Å². The van der Waals surface area contributed by atoms with Crippen LogP contribution in [0.15, 0.2) is 35.3 Å². The number of pyridine rings is 1. The summed E-state index contributed by atoms with van der Waals surface area (Å²) >= 11 is 0. The van der Waals surface area contributed by atoms with Gasteiger partial charge in [0.2, 0.25) is 5.43 Å². The van der Waals surface area contributed by atoms with Gasteiger partial charge < -0.3 is 41.0 Å². The predicted octanol–water partition coefficient (Wildman–Crippen LogP) is 6.55. The molecule has 340 valence electrons. The summed E-state index contributed by atoms with van der Waals surface area (Å²) in [4.78, 5) is 54.5. The number of Topliss-reactive ketones (excluding diaryl/α,β-unsaturated/α-hetero) is 1. The summed E-state index contributed by atoms with van der Waals surface area (Å²) in [5.74, 6) is -0.00241. The Hall–Kier alpha value is -3.85. The van der Waals surface area contributed by atoms with E-state index < -0.39 is 22.6 Å². The highest BCUT2D eigenvalue weighted by molar-refractivity contribution is 6.00. The molecule has 1 aromatic carbocycles. The van der Waals surface area contributed by atoms with Crippen LogP contribution in [0, 0.1) is 23.6 Å². The number of nitrogens with two attached hydrogens (primary N) is 1. The highest BCUT2D eigenvalue weighted by atomic mass is 19.1. The second-order valence-electron chi connectivity index (χ2n) is 18.8. The van der Waals surface area contributed by atoms with Crippen LogP contribution in [0.3, 0.4) is 0 Å². The smallest absolute Gasteiger partial charge is 0.407 e. The number of nitrogens with one attached hydrogen (secondary N) is 3. The minimum absolute atomic E-state index is 0.00816. The van der Waals surface area contributed by atoms with Gasteiger partial charge in [-0.05, 0) is 129 Å². The fourth-order valence-electron chi connectivity index (χ4n) is 6.90. The van der Waals surface area contributed by atoms with Gasteiger partial charge in [-0.25, -0.2) is 9.18 Å². The second kappa shape index (κ2) is 25.2. The average molecular weight is 844 g/mol. The SMILES string of the molecule is CC(C)CN1CC[C@@H](C)N2C(=O)c3c(O)c(=O)c(C(=O)CCc4ccc(F)cc4)cn3C[C@H]12.CC(C)CNCC[C@@H](C)N.CC(C)CNCC[C@@H](C)NC(=O)OC(C)(C)C. The number of aromatic nitrogens is 1. The molecule has 1 saturated heterocycles. The van der Waals surface area contributed by atoms with Gasteiger partial charge in [0, 0.05) is 43.8 Å². The quantitative estimate of drug-likeness (QED) is 0.0870. The first-order valence-corrected chi connectivity index (χ1v) is 22.0. The van der Waals surface area contributed by atoms with Gasteiger partial charge in [-0.3, -0.25) is 19.3 Å². The number of aromatic hydroxyl groups is 1. The Balaban J connectivity index is 0.000000383. The molecular formula is C46H78FN7O6. The Labute approximate surface area is 359 Å². The van der Waals surface area contributed by atoms with E-state index in [1.54, 1.807) is 21.6 Å². The van der Waals surface area contributed by atoms with Crippen molar-refractivity contribution in [3.05, 3.63) is 63.3 Å². The molecule has 0 unspecified atom stereocenters. The fourth-order valence-corrected chi connectivity index (χ4v) is 6.90. The van der Waals surface area contributed by atoms with Crippen molar-refractivity contribution in [1.82, 2.24) is 30.3 Å². The molecule has 2 aromatic rings. The molecule has 13 nitrogen and oxygen atoms in total. The van der Waals surface area contributed by atoms with Crippen molar-refractivity contribution in [2.75, 3.05) is 39.3 Å². The molecule has 4 rings (SSSR count). The van der Waals surface area contributed by atoms with E-state index >= 15 is 0 Å². The monoisotopic (exact) mass is 844 g/mol. The number of carbonyl (C=O) groups excluding carboxylic acids is 3. The number of amides is 2. The third-order valence-corrected chi connectivity index (χ3v) is 9.96. The first-order chi connectivity index (χ1) is 28.0. The van der Waals surface area contributed by atoms with E-state index in [4.69, 9.17) is 10.5 Å². The summed E-state index contributed by atoms with van der Waals surface area (Å²) < 4.78 is 19.9. The van der Waals surface area contributed by atoms with Crippen LogP contribution in [0.1, 0.15) is 135 Å². The number of hydrogen-bond acceptors (Lipinski definition) is 10. The van der Waals surface area contributed by atoms with E-state index in [0.717, 1.165) is 70.0 Å². The van der Waals surface area contributed by atoms with Gasteiger partial charge in [0.25, 0.3) is 5.91 Å². The highest BCUT2D eigenvalue weighted by Crippen LogP contribution is 2.31. The number of hydrogen-bond donors (Lipinski definition) is 5. The van der Waals surface area contributed by atoms with Crippen molar-refractivity contribution >= 4 is 17.8 Å². The molecule has 60 heavy (non-hydrogen) atoms. The number of benzene rings is 1. The number of alkyl carbamates (subject to hydrolysis) is 1. The number of carbonyl (C=O) groups is 3. The lowest BCUT2D eigenvalue weighted by atomic mass is 9.99. The molecule has 1 aromatic heterocycles. The number of ether oxygens (including phenoxy) is 1. The Morgan fingerprint density at radius 2 is 1.52 bits per heavy atom. The van der Waals surface area contributed by atoms with Crippen molar-refractivity contribution < 1.29 is 28.6 Å². The number of ketones is 1. The molecule has 0 saturated carbocycles. The second-order valence-corrected chi connectivity index (χ2v) is 18.8. The Kier molecular flexibility index (Phi) is 21.9. The first kappa shape index (κ1) is 52.3. The van der Waals surface area contributed by atoms with Crippen molar-refractivity contribution in [2.45, 2.75) is 152 Å². The normalized spacial score (nSPS) is 17.6. The van der Waals surface area contributed by atoms with E-state index in [-0.39, 0.29) is 53.7 Å². The molecule has 2 amide bonds. The number of fused-ring (bicyclic) bond motifs is 2. The van der Waals surface area contributed by atoms with Crippen molar-refractivity contribution in [1.29, 1.82) is 0 Å².